The van der Waals surface area contributed by atoms with Gasteiger partial charge >= 0.3 is 0 Å². The van der Waals surface area contributed by atoms with E-state index < -0.39 is 0 Å². The van der Waals surface area contributed by atoms with Gasteiger partial charge in [-0.15, -0.1) is 12.4 Å². The fourth-order valence-electron chi connectivity index (χ4n) is 1.79. The van der Waals surface area contributed by atoms with Crippen LogP contribution >= 0.6 is 12.4 Å². The van der Waals surface area contributed by atoms with Gasteiger partial charge in [-0.1, -0.05) is 17.3 Å². The Morgan fingerprint density at radius 3 is 2.94 bits per heavy atom. The monoisotopic (exact) mass is 253 g/mol. The topological polar surface area (TPSA) is 74.2 Å². The Balaban J connectivity index is 0.00000108. The van der Waals surface area contributed by atoms with Gasteiger partial charge in [0.25, 0.3) is 0 Å². The van der Waals surface area contributed by atoms with E-state index in [0.29, 0.717) is 18.3 Å². The summed E-state index contributed by atoms with van der Waals surface area (Å²) < 4.78 is 10.4. The van der Waals surface area contributed by atoms with Crippen LogP contribution in [0.5, 0.6) is 5.75 Å². The summed E-state index contributed by atoms with van der Waals surface area (Å²) in [5.74, 6) is 1.94. The highest BCUT2D eigenvalue weighted by atomic mass is 35.5. The number of hydrogen-bond donors (Lipinski definition) is 1. The van der Waals surface area contributed by atoms with E-state index in [1.165, 1.54) is 0 Å². The number of hydrogen-bond acceptors (Lipinski definition) is 5. The highest BCUT2D eigenvalue weighted by Gasteiger charge is 2.21. The van der Waals surface area contributed by atoms with Gasteiger partial charge in [0.15, 0.2) is 0 Å². The Morgan fingerprint density at radius 1 is 1.41 bits per heavy atom. The van der Waals surface area contributed by atoms with Gasteiger partial charge in [0.1, 0.15) is 12.4 Å². The molecule has 1 aromatic heterocycles. The quantitative estimate of drug-likeness (QED) is 0.840. The summed E-state index contributed by atoms with van der Waals surface area (Å²) in [7, 11) is 0. The molecule has 0 fully saturated rings. The zero-order chi connectivity index (χ0) is 11.1. The van der Waals surface area contributed by atoms with Crippen LogP contribution in [0, 0.1) is 6.92 Å². The Hall–Kier alpha value is -1.59. The average Bonchev–Trinajstić information content (AvgIpc) is 2.86. The van der Waals surface area contributed by atoms with Crippen molar-refractivity contribution in [3.63, 3.8) is 0 Å². The van der Waals surface area contributed by atoms with E-state index in [0.717, 1.165) is 16.9 Å². The lowest BCUT2D eigenvalue weighted by molar-refractivity contribution is 0.333. The summed E-state index contributed by atoms with van der Waals surface area (Å²) in [5.41, 5.74) is 7.78. The number of ether oxygens (including phenoxy) is 1. The molecular weight excluding hydrogens is 242 g/mol. The molecule has 1 aromatic carbocycles. The first-order chi connectivity index (χ1) is 7.74. The highest BCUT2D eigenvalue weighted by molar-refractivity contribution is 5.85. The molecule has 1 atom stereocenters. The normalized spacial score (nSPS) is 17.2. The van der Waals surface area contributed by atoms with Gasteiger partial charge in [0.05, 0.1) is 6.04 Å². The van der Waals surface area contributed by atoms with Crippen molar-refractivity contribution >= 4 is 12.4 Å². The second-order valence-corrected chi connectivity index (χ2v) is 3.81. The van der Waals surface area contributed by atoms with Gasteiger partial charge in [0, 0.05) is 18.1 Å². The number of benzene rings is 1. The van der Waals surface area contributed by atoms with Crippen LogP contribution < -0.4 is 10.5 Å². The van der Waals surface area contributed by atoms with Crippen molar-refractivity contribution < 1.29 is 9.26 Å². The molecule has 0 spiro atoms. The molecule has 0 amide bonds. The minimum absolute atomic E-state index is 0. The van der Waals surface area contributed by atoms with Gasteiger partial charge in [-0.2, -0.15) is 4.98 Å². The summed E-state index contributed by atoms with van der Waals surface area (Å²) in [6.07, 6.45) is 0. The summed E-state index contributed by atoms with van der Waals surface area (Å²) in [4.78, 5) is 4.16. The molecular formula is C11H12ClN3O2. The van der Waals surface area contributed by atoms with Crippen molar-refractivity contribution in [2.45, 2.75) is 13.0 Å². The molecule has 6 heteroatoms. The van der Waals surface area contributed by atoms with Gasteiger partial charge in [-0.3, -0.25) is 0 Å². The fourth-order valence-corrected chi connectivity index (χ4v) is 1.79. The van der Waals surface area contributed by atoms with Crippen LogP contribution in [0.3, 0.4) is 0 Å². The van der Waals surface area contributed by atoms with E-state index in [-0.39, 0.29) is 18.4 Å². The second-order valence-electron chi connectivity index (χ2n) is 3.81. The van der Waals surface area contributed by atoms with Crippen LogP contribution in [-0.2, 0) is 0 Å². The lowest BCUT2D eigenvalue weighted by Gasteiger charge is -2.01. The standard InChI is InChI=1S/C11H11N3O2.ClH/c1-6-13-11(14-16-6)7-2-3-8-9(12)5-15-10(8)4-7;/h2-4,9H,5,12H2,1H3;1H. The van der Waals surface area contributed by atoms with Crippen LogP contribution in [0.4, 0.5) is 0 Å². The number of rotatable bonds is 1. The molecule has 1 aliphatic heterocycles. The first kappa shape index (κ1) is 11.9. The number of halogens is 1. The molecule has 2 heterocycles. The molecule has 3 rings (SSSR count). The summed E-state index contributed by atoms with van der Waals surface area (Å²) in [6.45, 7) is 2.29. The van der Waals surface area contributed by atoms with Gasteiger partial charge < -0.3 is 15.0 Å². The lowest BCUT2D eigenvalue weighted by atomic mass is 10.1. The fraction of sp³-hybridized carbons (Fsp3) is 0.273. The summed E-state index contributed by atoms with van der Waals surface area (Å²) in [5, 5.41) is 3.86. The first-order valence-corrected chi connectivity index (χ1v) is 5.07. The third-order valence-corrected chi connectivity index (χ3v) is 2.62. The number of aryl methyl sites for hydroxylation is 1. The molecule has 17 heavy (non-hydrogen) atoms. The SMILES string of the molecule is Cc1nc(-c2ccc3c(c2)OCC3N)no1.Cl. The van der Waals surface area contributed by atoms with Crippen LogP contribution in [0.1, 0.15) is 17.5 Å². The predicted molar refractivity (Wildman–Crippen MR) is 64.1 cm³/mol. The summed E-state index contributed by atoms with van der Waals surface area (Å²) >= 11 is 0. The summed E-state index contributed by atoms with van der Waals surface area (Å²) in [6, 6.07) is 5.74. The van der Waals surface area contributed by atoms with Crippen molar-refractivity contribution in [2.75, 3.05) is 6.61 Å². The first-order valence-electron chi connectivity index (χ1n) is 5.07. The number of fused-ring (bicyclic) bond motifs is 1. The highest BCUT2D eigenvalue weighted by Crippen LogP contribution is 2.33. The average molecular weight is 254 g/mol. The van der Waals surface area contributed by atoms with Crippen LogP contribution in [-0.4, -0.2) is 16.7 Å². The lowest BCUT2D eigenvalue weighted by Crippen LogP contribution is -2.10. The smallest absolute Gasteiger partial charge is 0.223 e. The van der Waals surface area contributed by atoms with Crippen molar-refractivity contribution in [3.8, 4) is 17.1 Å². The van der Waals surface area contributed by atoms with Crippen LogP contribution in [0.25, 0.3) is 11.4 Å². The maximum Gasteiger partial charge on any atom is 0.223 e. The Kier molecular flexibility index (Phi) is 3.04. The van der Waals surface area contributed by atoms with E-state index >= 15 is 0 Å². The van der Waals surface area contributed by atoms with Gasteiger partial charge in [-0.25, -0.2) is 0 Å². The van der Waals surface area contributed by atoms with Crippen LogP contribution in [0.15, 0.2) is 22.7 Å². The zero-order valence-corrected chi connectivity index (χ0v) is 10.0. The molecule has 5 nitrogen and oxygen atoms in total. The van der Waals surface area contributed by atoms with Gasteiger partial charge in [0.2, 0.25) is 11.7 Å². The Bertz CT molecular complexity index is 541. The molecule has 2 aromatic rings. The maximum atomic E-state index is 5.86. The second kappa shape index (κ2) is 4.35. The largest absolute Gasteiger partial charge is 0.491 e. The Labute approximate surface area is 104 Å². The van der Waals surface area contributed by atoms with E-state index in [9.17, 15) is 0 Å². The zero-order valence-electron chi connectivity index (χ0n) is 9.21. The molecule has 1 aliphatic rings. The van der Waals surface area contributed by atoms with E-state index in [1.54, 1.807) is 6.92 Å². The van der Waals surface area contributed by atoms with E-state index in [1.807, 2.05) is 18.2 Å². The number of nitrogens with zero attached hydrogens (tertiary/aromatic N) is 2. The molecule has 0 radical (unpaired) electrons. The molecule has 1 unspecified atom stereocenters. The third-order valence-electron chi connectivity index (χ3n) is 2.62. The van der Waals surface area contributed by atoms with Crippen LogP contribution in [0.2, 0.25) is 0 Å². The Morgan fingerprint density at radius 2 is 2.24 bits per heavy atom. The molecule has 90 valence electrons. The number of aromatic nitrogens is 2. The minimum Gasteiger partial charge on any atom is -0.491 e. The molecule has 0 saturated heterocycles. The predicted octanol–water partition coefficient (Wildman–Crippen LogP) is 1.86. The van der Waals surface area contributed by atoms with E-state index in [2.05, 4.69) is 10.1 Å². The molecule has 0 aliphatic carbocycles. The molecule has 0 bridgehead atoms. The van der Waals surface area contributed by atoms with Crippen molar-refractivity contribution in [1.82, 2.24) is 10.1 Å². The molecule has 0 saturated carbocycles. The van der Waals surface area contributed by atoms with Gasteiger partial charge in [-0.05, 0) is 6.07 Å². The number of nitrogens with two attached hydrogens (primary N) is 1. The van der Waals surface area contributed by atoms with E-state index in [4.69, 9.17) is 15.0 Å². The maximum absolute atomic E-state index is 5.86. The van der Waals surface area contributed by atoms with Crippen molar-refractivity contribution in [2.24, 2.45) is 5.73 Å². The molecule has 2 N–H and O–H groups in total. The minimum atomic E-state index is -0.0314. The third kappa shape index (κ3) is 1.99. The van der Waals surface area contributed by atoms with Crippen molar-refractivity contribution in [3.05, 3.63) is 29.7 Å². The van der Waals surface area contributed by atoms with Crippen molar-refractivity contribution in [1.29, 1.82) is 0 Å².